The molecule has 0 amide bonds. The molecule has 0 spiro atoms. The summed E-state index contributed by atoms with van der Waals surface area (Å²) in [4.78, 5) is 26.7. The molecule has 0 atom stereocenters. The Morgan fingerprint density at radius 1 is 0.159 bits per heavy atom. The van der Waals surface area contributed by atoms with Crippen LogP contribution in [0.3, 0.4) is 0 Å². The van der Waals surface area contributed by atoms with Crippen LogP contribution in [0.2, 0.25) is 0 Å². The van der Waals surface area contributed by atoms with Gasteiger partial charge in [0.15, 0.2) is 23.3 Å². The van der Waals surface area contributed by atoms with Gasteiger partial charge in [0.25, 0.3) is 0 Å². The number of aromatic nitrogens is 8. The van der Waals surface area contributed by atoms with Crippen LogP contribution in [-0.2, 0) is 0 Å². The molecule has 0 aliphatic carbocycles. The van der Waals surface area contributed by atoms with E-state index < -0.39 is 0 Å². The van der Waals surface area contributed by atoms with Crippen LogP contribution < -0.4 is 0 Å². The molecule has 8 aromatic heterocycles. The zero-order valence-electron chi connectivity index (χ0n) is 74.0. The van der Waals surface area contributed by atoms with Crippen LogP contribution >= 0.6 is 34.0 Å². The minimum atomic E-state index is 0.645. The molecule has 0 aliphatic heterocycles. The lowest BCUT2D eigenvalue weighted by Crippen LogP contribution is -2.01. The highest BCUT2D eigenvalue weighted by atomic mass is 32.1. The standard InChI is InChI=1S/C64H38N4S.C63H36N4S2/c1-3-16-39(17-4-1)61-63-62(50-24-11-14-29-59(50)69-63)66-64(65-61)51-26-15-25-49-45-33-32-43(38-52(45)44-20-7-8-23-48(44)60(49)51)68-56-28-13-10-22-47(56)54-37-41(31-35-58(54)68)40-30-34-57-53(36-40)46-21-9-12-27-55(46)67(57)42-18-5-2-6-19-42;1-2-13-37(14-3-1)61-64-62(40-25-29-47-45-18-7-10-23-56(45)69-59(47)35-40)66-63(65-61)50-21-12-20-48-42-15-4-5-16-43(42)51-36-41(28-30-49(51)60(48)50)67-54-22-9-6-17-44(54)52-33-38(26-31-55(52)67)39-27-32-58-53(34-39)46-19-8-11-24-57(46)68-58/h1-38H;1-36H. The summed E-state index contributed by atoms with van der Waals surface area (Å²) < 4.78 is 14.7. The van der Waals surface area contributed by atoms with Crippen LogP contribution in [0.25, 0.3) is 287 Å². The average Bonchev–Trinajstić information content (AvgIpc) is 0.897. The van der Waals surface area contributed by atoms with E-state index in [0.29, 0.717) is 17.5 Å². The number of hydrogen-bond donors (Lipinski definition) is 0. The number of fused-ring (bicyclic) bond motifs is 30. The number of thiophene rings is 3. The summed E-state index contributed by atoms with van der Waals surface area (Å²) in [5, 5.41) is 27.9. The zero-order valence-corrected chi connectivity index (χ0v) is 76.5. The Morgan fingerprint density at radius 2 is 0.500 bits per heavy atom. The molecule has 0 N–H and O–H groups in total. The van der Waals surface area contributed by atoms with Gasteiger partial charge in [0.2, 0.25) is 0 Å². The monoisotopic (exact) mass is 1810 g/mol. The Hall–Kier alpha value is -17.5. The van der Waals surface area contributed by atoms with E-state index in [1.807, 2.05) is 29.5 Å². The molecule has 30 rings (SSSR count). The third-order valence-corrected chi connectivity index (χ3v) is 31.8. The van der Waals surface area contributed by atoms with Crippen molar-refractivity contribution in [1.82, 2.24) is 38.6 Å². The van der Waals surface area contributed by atoms with Crippen LogP contribution in [0.1, 0.15) is 0 Å². The molecule has 22 aromatic carbocycles. The van der Waals surface area contributed by atoms with Crippen molar-refractivity contribution < 1.29 is 0 Å². The normalized spacial score (nSPS) is 12.1. The van der Waals surface area contributed by atoms with Gasteiger partial charge in [0, 0.05) is 138 Å². The second kappa shape index (κ2) is 31.1. The zero-order chi connectivity index (χ0) is 90.3. The predicted octanol–water partition coefficient (Wildman–Crippen LogP) is 35.3. The second-order valence-corrected chi connectivity index (χ2v) is 39.1. The van der Waals surface area contributed by atoms with Crippen LogP contribution in [-0.4, -0.2) is 38.6 Å². The molecule has 0 aliphatic rings. The fraction of sp³-hybridized carbons (Fsp3) is 0. The molecular weight excluding hydrogens is 1730 g/mol. The summed E-state index contributed by atoms with van der Waals surface area (Å²) in [6.07, 6.45) is 0. The number of benzene rings is 22. The lowest BCUT2D eigenvalue weighted by Gasteiger charge is -2.16. The molecule has 0 bridgehead atoms. The molecule has 0 unspecified atom stereocenters. The molecule has 0 radical (unpaired) electrons. The summed E-state index contributed by atoms with van der Waals surface area (Å²) in [6, 6.07) is 163. The highest BCUT2D eigenvalue weighted by Gasteiger charge is 2.26. The summed E-state index contributed by atoms with van der Waals surface area (Å²) in [7, 11) is 0. The number of nitrogens with zero attached hydrogens (tertiary/aromatic N) is 8. The van der Waals surface area contributed by atoms with Gasteiger partial charge in [-0.15, -0.1) is 34.0 Å². The maximum Gasteiger partial charge on any atom is 0.164 e. The fourth-order valence-corrected chi connectivity index (χ4v) is 25.5. The molecule has 30 aromatic rings. The molecule has 0 saturated carbocycles. The first kappa shape index (κ1) is 78.1. The van der Waals surface area contributed by atoms with Crippen molar-refractivity contribution in [3.05, 3.63) is 449 Å². The van der Waals surface area contributed by atoms with Crippen molar-refractivity contribution in [1.29, 1.82) is 0 Å². The van der Waals surface area contributed by atoms with Gasteiger partial charge in [-0.3, -0.25) is 0 Å². The van der Waals surface area contributed by atoms with Crippen molar-refractivity contribution in [2.75, 3.05) is 0 Å². The van der Waals surface area contributed by atoms with E-state index in [1.54, 1.807) is 22.7 Å². The summed E-state index contributed by atoms with van der Waals surface area (Å²) in [5.74, 6) is 2.68. The van der Waals surface area contributed by atoms with Crippen LogP contribution in [0, 0.1) is 0 Å². The summed E-state index contributed by atoms with van der Waals surface area (Å²) in [5.41, 5.74) is 22.3. The molecule has 640 valence electrons. The van der Waals surface area contributed by atoms with Gasteiger partial charge >= 0.3 is 0 Å². The van der Waals surface area contributed by atoms with Gasteiger partial charge in [0.1, 0.15) is 0 Å². The topological polar surface area (TPSA) is 79.2 Å². The Labute approximate surface area is 802 Å². The first-order valence-corrected chi connectivity index (χ1v) is 49.2. The third kappa shape index (κ3) is 12.3. The highest BCUT2D eigenvalue weighted by molar-refractivity contribution is 7.26. The van der Waals surface area contributed by atoms with E-state index in [-0.39, 0.29) is 0 Å². The van der Waals surface area contributed by atoms with Gasteiger partial charge in [-0.2, -0.15) is 0 Å². The third-order valence-electron chi connectivity index (χ3n) is 28.3. The first-order chi connectivity index (χ1) is 68.4. The average molecular weight is 1810 g/mol. The van der Waals surface area contributed by atoms with Gasteiger partial charge in [-0.1, -0.05) is 322 Å². The smallest absolute Gasteiger partial charge is 0.164 e. The van der Waals surface area contributed by atoms with Crippen LogP contribution in [0.4, 0.5) is 0 Å². The molecule has 138 heavy (non-hydrogen) atoms. The van der Waals surface area contributed by atoms with E-state index in [9.17, 15) is 0 Å². The summed E-state index contributed by atoms with van der Waals surface area (Å²) >= 11 is 5.43. The van der Waals surface area contributed by atoms with E-state index in [1.165, 1.54) is 187 Å². The number of para-hydroxylation sites is 4. The van der Waals surface area contributed by atoms with E-state index in [4.69, 9.17) is 24.9 Å². The lowest BCUT2D eigenvalue weighted by atomic mass is 9.91. The van der Waals surface area contributed by atoms with Gasteiger partial charge in [-0.05, 0) is 204 Å². The number of hydrogen-bond acceptors (Lipinski definition) is 8. The highest BCUT2D eigenvalue weighted by Crippen LogP contribution is 2.50. The van der Waals surface area contributed by atoms with Crippen molar-refractivity contribution in [2.24, 2.45) is 0 Å². The van der Waals surface area contributed by atoms with Crippen molar-refractivity contribution in [2.45, 2.75) is 0 Å². The van der Waals surface area contributed by atoms with E-state index in [0.717, 1.165) is 82.5 Å². The van der Waals surface area contributed by atoms with Gasteiger partial charge < -0.3 is 13.7 Å². The maximum atomic E-state index is 5.44. The van der Waals surface area contributed by atoms with Crippen molar-refractivity contribution >= 4 is 225 Å². The molecule has 0 saturated heterocycles. The Balaban J connectivity index is 0.000000133. The molecule has 8 heterocycles. The Bertz CT molecular complexity index is 10400. The Kier molecular flexibility index (Phi) is 17.6. The molecular formula is C127H74N8S3. The molecule has 8 nitrogen and oxygen atoms in total. The predicted molar refractivity (Wildman–Crippen MR) is 587 cm³/mol. The Morgan fingerprint density at radius 3 is 1.06 bits per heavy atom. The van der Waals surface area contributed by atoms with E-state index in [2.05, 4.69) is 444 Å². The minimum Gasteiger partial charge on any atom is -0.309 e. The summed E-state index contributed by atoms with van der Waals surface area (Å²) in [6.45, 7) is 0. The largest absolute Gasteiger partial charge is 0.309 e. The lowest BCUT2D eigenvalue weighted by molar-refractivity contribution is 1.08. The van der Waals surface area contributed by atoms with Gasteiger partial charge in [-0.25, -0.2) is 24.9 Å². The number of rotatable bonds is 10. The maximum absolute atomic E-state index is 5.44. The molecule has 11 heteroatoms. The van der Waals surface area contributed by atoms with Crippen molar-refractivity contribution in [3.63, 3.8) is 0 Å². The SMILES string of the molecule is c1ccc(-c2nc(-c3ccc4c(c3)sc3ccccc34)nc(-c3cccc4c5ccccc5c5cc(-n6c7ccccc7c7cc(-c8ccc9sc%10ccccc%10c9c8)ccc76)ccc5c34)n2)cc1.c1ccc(-c2nc(-c3cccc4c5ccc(-n6c7ccccc7c7cc(-c8ccc9c(c8)c8ccccc8n9-c8ccccc8)ccc76)cc5c5ccccc5c34)nc3c2sc2ccccc23)cc1. The minimum absolute atomic E-state index is 0.645. The second-order valence-electron chi connectivity index (χ2n) is 35.9. The quantitative estimate of drug-likeness (QED) is 0.128. The van der Waals surface area contributed by atoms with E-state index >= 15 is 0 Å². The van der Waals surface area contributed by atoms with Crippen LogP contribution in [0.5, 0.6) is 0 Å². The first-order valence-electron chi connectivity index (χ1n) is 46.7. The van der Waals surface area contributed by atoms with Crippen LogP contribution in [0.15, 0.2) is 449 Å². The fourth-order valence-electron chi connectivity index (χ4n) is 22.1. The van der Waals surface area contributed by atoms with Gasteiger partial charge in [0.05, 0.1) is 49.0 Å². The molecule has 0 fully saturated rings. The van der Waals surface area contributed by atoms with Crippen molar-refractivity contribution in [3.8, 4) is 96.1 Å².